The van der Waals surface area contributed by atoms with E-state index in [1.807, 2.05) is 13.2 Å². The zero-order valence-electron chi connectivity index (χ0n) is 11.9. The van der Waals surface area contributed by atoms with Gasteiger partial charge in [-0.2, -0.15) is 0 Å². The summed E-state index contributed by atoms with van der Waals surface area (Å²) in [5.41, 5.74) is 3.57. The molecule has 0 saturated heterocycles. The van der Waals surface area contributed by atoms with Crippen LogP contribution in [0.3, 0.4) is 0 Å². The SMILES string of the molecule is CSc1nnc(C)n1NC(=O)COc1ccc(Cl)cc1C. The Morgan fingerprint density at radius 3 is 2.86 bits per heavy atom. The molecule has 0 spiro atoms. The molecule has 1 amide bonds. The van der Waals surface area contributed by atoms with Crippen molar-refractivity contribution in [1.29, 1.82) is 0 Å². The van der Waals surface area contributed by atoms with Crippen molar-refractivity contribution in [1.82, 2.24) is 14.9 Å². The van der Waals surface area contributed by atoms with E-state index >= 15 is 0 Å². The maximum atomic E-state index is 11.9. The standard InChI is InChI=1S/C13H15ClN4O2S/c1-8-6-10(14)4-5-11(8)20-7-12(19)17-18-9(2)15-16-13(18)21-3/h4-6H,7H2,1-3H3,(H,17,19). The Morgan fingerprint density at radius 1 is 1.43 bits per heavy atom. The Hall–Kier alpha value is -1.73. The number of carbonyl (C=O) groups is 1. The molecule has 0 unspecified atom stereocenters. The maximum absolute atomic E-state index is 11.9. The number of carbonyl (C=O) groups excluding carboxylic acids is 1. The molecule has 0 aliphatic carbocycles. The Kier molecular flexibility index (Phi) is 5.08. The minimum absolute atomic E-state index is 0.103. The summed E-state index contributed by atoms with van der Waals surface area (Å²) in [6.45, 7) is 3.53. The Morgan fingerprint density at radius 2 is 2.19 bits per heavy atom. The smallest absolute Gasteiger partial charge is 0.276 e. The lowest BCUT2D eigenvalue weighted by molar-refractivity contribution is -0.119. The molecule has 1 aromatic heterocycles. The molecule has 0 aliphatic rings. The molecule has 21 heavy (non-hydrogen) atoms. The molecule has 0 bridgehead atoms. The number of hydrogen-bond acceptors (Lipinski definition) is 5. The summed E-state index contributed by atoms with van der Waals surface area (Å²) >= 11 is 7.27. The zero-order chi connectivity index (χ0) is 15.4. The predicted molar refractivity (Wildman–Crippen MR) is 82.6 cm³/mol. The van der Waals surface area contributed by atoms with Gasteiger partial charge in [-0.25, -0.2) is 4.68 Å². The second-order valence-electron chi connectivity index (χ2n) is 4.30. The Labute approximate surface area is 131 Å². The molecule has 6 nitrogen and oxygen atoms in total. The number of rotatable bonds is 5. The third-order valence-corrected chi connectivity index (χ3v) is 3.57. The molecule has 0 fully saturated rings. The molecule has 1 heterocycles. The van der Waals surface area contributed by atoms with Crippen molar-refractivity contribution in [3.8, 4) is 5.75 Å². The number of aryl methyl sites for hydroxylation is 2. The highest BCUT2D eigenvalue weighted by atomic mass is 35.5. The molecular weight excluding hydrogens is 312 g/mol. The van der Waals surface area contributed by atoms with Crippen molar-refractivity contribution in [2.45, 2.75) is 19.0 Å². The van der Waals surface area contributed by atoms with Gasteiger partial charge >= 0.3 is 0 Å². The summed E-state index contributed by atoms with van der Waals surface area (Å²) in [7, 11) is 0. The van der Waals surface area contributed by atoms with Gasteiger partial charge in [0.15, 0.2) is 6.61 Å². The second kappa shape index (κ2) is 6.82. The van der Waals surface area contributed by atoms with Gasteiger partial charge < -0.3 is 4.74 Å². The van der Waals surface area contributed by atoms with Crippen LogP contribution in [0.1, 0.15) is 11.4 Å². The highest BCUT2D eigenvalue weighted by Gasteiger charge is 2.11. The van der Waals surface area contributed by atoms with Crippen molar-refractivity contribution < 1.29 is 9.53 Å². The van der Waals surface area contributed by atoms with Crippen LogP contribution in [0.15, 0.2) is 23.4 Å². The molecule has 1 N–H and O–H groups in total. The lowest BCUT2D eigenvalue weighted by Crippen LogP contribution is -2.29. The third-order valence-electron chi connectivity index (χ3n) is 2.71. The molecule has 0 radical (unpaired) electrons. The van der Waals surface area contributed by atoms with Crippen LogP contribution >= 0.6 is 23.4 Å². The van der Waals surface area contributed by atoms with E-state index in [2.05, 4.69) is 15.6 Å². The fourth-order valence-electron chi connectivity index (χ4n) is 1.68. The monoisotopic (exact) mass is 326 g/mol. The summed E-state index contributed by atoms with van der Waals surface area (Å²) in [6.07, 6.45) is 1.86. The van der Waals surface area contributed by atoms with Gasteiger partial charge in [-0.3, -0.25) is 10.2 Å². The van der Waals surface area contributed by atoms with E-state index in [1.165, 1.54) is 16.4 Å². The predicted octanol–water partition coefficient (Wildman–Crippen LogP) is 2.42. The maximum Gasteiger partial charge on any atom is 0.276 e. The number of hydrogen-bond donors (Lipinski definition) is 1. The minimum atomic E-state index is -0.289. The number of benzene rings is 1. The first-order valence-corrected chi connectivity index (χ1v) is 7.76. The van der Waals surface area contributed by atoms with Gasteiger partial charge in [0.25, 0.3) is 5.91 Å². The van der Waals surface area contributed by atoms with Crippen LogP contribution in [-0.2, 0) is 4.79 Å². The van der Waals surface area contributed by atoms with E-state index in [1.54, 1.807) is 25.1 Å². The fourth-order valence-corrected chi connectivity index (χ4v) is 2.39. The van der Waals surface area contributed by atoms with Gasteiger partial charge in [-0.1, -0.05) is 23.4 Å². The minimum Gasteiger partial charge on any atom is -0.483 e. The van der Waals surface area contributed by atoms with E-state index in [0.29, 0.717) is 21.8 Å². The molecule has 2 aromatic rings. The fraction of sp³-hybridized carbons (Fsp3) is 0.308. The normalized spacial score (nSPS) is 10.5. The average molecular weight is 327 g/mol. The van der Waals surface area contributed by atoms with Crippen LogP contribution in [0.5, 0.6) is 5.75 Å². The second-order valence-corrected chi connectivity index (χ2v) is 5.51. The topological polar surface area (TPSA) is 69.0 Å². The summed E-state index contributed by atoms with van der Waals surface area (Å²) in [5, 5.41) is 9.09. The van der Waals surface area contributed by atoms with Crippen molar-refractivity contribution in [2.24, 2.45) is 0 Å². The van der Waals surface area contributed by atoms with E-state index in [4.69, 9.17) is 16.3 Å². The average Bonchev–Trinajstić information content (AvgIpc) is 2.78. The highest BCUT2D eigenvalue weighted by molar-refractivity contribution is 7.98. The Bertz CT molecular complexity index is 660. The number of halogens is 1. The molecule has 0 atom stereocenters. The number of ether oxygens (including phenoxy) is 1. The van der Waals surface area contributed by atoms with Crippen LogP contribution in [0, 0.1) is 13.8 Å². The van der Waals surface area contributed by atoms with E-state index in [9.17, 15) is 4.79 Å². The van der Waals surface area contributed by atoms with Crippen molar-refractivity contribution in [3.05, 3.63) is 34.6 Å². The van der Waals surface area contributed by atoms with Gasteiger partial charge in [-0.05, 0) is 43.9 Å². The van der Waals surface area contributed by atoms with E-state index in [-0.39, 0.29) is 12.5 Å². The summed E-state index contributed by atoms with van der Waals surface area (Å²) in [4.78, 5) is 11.9. The van der Waals surface area contributed by atoms with E-state index in [0.717, 1.165) is 5.56 Å². The van der Waals surface area contributed by atoms with Crippen LogP contribution in [-0.4, -0.2) is 33.6 Å². The number of nitrogens with zero attached hydrogens (tertiary/aromatic N) is 3. The molecular formula is C13H15ClN4O2S. The molecule has 8 heteroatoms. The first kappa shape index (κ1) is 15.7. The lowest BCUT2D eigenvalue weighted by Gasteiger charge is -2.11. The molecule has 0 saturated carbocycles. The number of nitrogens with one attached hydrogen (secondary N) is 1. The van der Waals surface area contributed by atoms with Gasteiger partial charge in [-0.15, -0.1) is 10.2 Å². The number of amides is 1. The third kappa shape index (κ3) is 3.89. The van der Waals surface area contributed by atoms with Crippen molar-refractivity contribution >= 4 is 29.3 Å². The first-order chi connectivity index (χ1) is 10.0. The van der Waals surface area contributed by atoms with Crippen LogP contribution < -0.4 is 10.2 Å². The van der Waals surface area contributed by atoms with E-state index < -0.39 is 0 Å². The van der Waals surface area contributed by atoms with Crippen LogP contribution in [0.2, 0.25) is 5.02 Å². The van der Waals surface area contributed by atoms with Crippen LogP contribution in [0.25, 0.3) is 0 Å². The van der Waals surface area contributed by atoms with Gasteiger partial charge in [0, 0.05) is 5.02 Å². The zero-order valence-corrected chi connectivity index (χ0v) is 13.5. The summed E-state index contributed by atoms with van der Waals surface area (Å²) < 4.78 is 7.02. The molecule has 1 aromatic carbocycles. The quantitative estimate of drug-likeness (QED) is 0.855. The molecule has 0 aliphatic heterocycles. The molecule has 2 rings (SSSR count). The largest absolute Gasteiger partial charge is 0.483 e. The number of aromatic nitrogens is 3. The first-order valence-electron chi connectivity index (χ1n) is 6.16. The van der Waals surface area contributed by atoms with Crippen LogP contribution in [0.4, 0.5) is 0 Å². The highest BCUT2D eigenvalue weighted by Crippen LogP contribution is 2.21. The summed E-state index contributed by atoms with van der Waals surface area (Å²) in [5.74, 6) is 0.943. The number of thioether (sulfide) groups is 1. The Balaban J connectivity index is 1.97. The lowest BCUT2D eigenvalue weighted by atomic mass is 10.2. The van der Waals surface area contributed by atoms with Gasteiger partial charge in [0.05, 0.1) is 0 Å². The summed E-state index contributed by atoms with van der Waals surface area (Å²) in [6, 6.07) is 5.24. The van der Waals surface area contributed by atoms with Crippen molar-refractivity contribution in [3.63, 3.8) is 0 Å². The van der Waals surface area contributed by atoms with Gasteiger partial charge in [0.2, 0.25) is 5.16 Å². The van der Waals surface area contributed by atoms with Crippen molar-refractivity contribution in [2.75, 3.05) is 18.3 Å². The van der Waals surface area contributed by atoms with Gasteiger partial charge in [0.1, 0.15) is 11.6 Å². The molecule has 112 valence electrons.